The van der Waals surface area contributed by atoms with Crippen molar-refractivity contribution in [2.75, 3.05) is 10.6 Å². The molecule has 0 unspecified atom stereocenters. The van der Waals surface area contributed by atoms with Gasteiger partial charge in [0.15, 0.2) is 0 Å². The fourth-order valence-corrected chi connectivity index (χ4v) is 4.07. The highest BCUT2D eigenvalue weighted by molar-refractivity contribution is 6.01. The molecule has 2 amide bonds. The Balaban J connectivity index is 1.69. The second-order valence-electron chi connectivity index (χ2n) is 7.70. The van der Waals surface area contributed by atoms with Gasteiger partial charge in [0.1, 0.15) is 0 Å². The molecule has 3 rings (SSSR count). The van der Waals surface area contributed by atoms with E-state index in [0.29, 0.717) is 0 Å². The topological polar surface area (TPSA) is 58.2 Å². The molecule has 2 aliphatic rings. The molecule has 2 saturated carbocycles. The highest BCUT2D eigenvalue weighted by Gasteiger charge is 2.24. The molecular formula is C21H30N2O2. The van der Waals surface area contributed by atoms with Gasteiger partial charge in [0.05, 0.1) is 11.4 Å². The van der Waals surface area contributed by atoms with E-state index in [1.54, 1.807) is 0 Å². The molecule has 0 spiro atoms. The molecule has 0 bridgehead atoms. The predicted octanol–water partition coefficient (Wildman–Crippen LogP) is 5.03. The van der Waals surface area contributed by atoms with Crippen molar-refractivity contribution < 1.29 is 9.59 Å². The summed E-state index contributed by atoms with van der Waals surface area (Å²) in [4.78, 5) is 25.2. The van der Waals surface area contributed by atoms with E-state index < -0.39 is 0 Å². The Morgan fingerprint density at radius 1 is 0.760 bits per heavy atom. The molecule has 2 fully saturated rings. The Bertz CT molecular complexity index is 614. The van der Waals surface area contributed by atoms with Gasteiger partial charge in [0.25, 0.3) is 0 Å². The molecule has 4 nitrogen and oxygen atoms in total. The van der Waals surface area contributed by atoms with Gasteiger partial charge in [-0.3, -0.25) is 9.59 Å². The van der Waals surface area contributed by atoms with E-state index in [4.69, 9.17) is 0 Å². The minimum atomic E-state index is 0.0942. The molecule has 0 saturated heterocycles. The smallest absolute Gasteiger partial charge is 0.227 e. The third-order valence-electron chi connectivity index (χ3n) is 5.64. The Hall–Kier alpha value is -1.84. The summed E-state index contributed by atoms with van der Waals surface area (Å²) in [6, 6.07) is 5.84. The van der Waals surface area contributed by atoms with Crippen LogP contribution in [0.5, 0.6) is 0 Å². The second kappa shape index (κ2) is 8.50. The molecule has 0 radical (unpaired) electrons. The molecule has 0 heterocycles. The van der Waals surface area contributed by atoms with Crippen molar-refractivity contribution in [3.05, 3.63) is 23.8 Å². The lowest BCUT2D eigenvalue weighted by Gasteiger charge is -2.23. The number of rotatable bonds is 4. The van der Waals surface area contributed by atoms with Gasteiger partial charge in [0.2, 0.25) is 11.8 Å². The molecular weight excluding hydrogens is 312 g/mol. The van der Waals surface area contributed by atoms with Gasteiger partial charge in [-0.15, -0.1) is 0 Å². The highest BCUT2D eigenvalue weighted by atomic mass is 16.2. The Morgan fingerprint density at radius 2 is 1.24 bits per heavy atom. The Labute approximate surface area is 150 Å². The number of benzene rings is 1. The van der Waals surface area contributed by atoms with Crippen LogP contribution < -0.4 is 10.6 Å². The predicted molar refractivity (Wildman–Crippen MR) is 102 cm³/mol. The first kappa shape index (κ1) is 18.0. The number of carbonyl (C=O) groups excluding carboxylic acids is 2. The van der Waals surface area contributed by atoms with Crippen LogP contribution in [0.4, 0.5) is 11.4 Å². The molecule has 0 atom stereocenters. The Morgan fingerprint density at radius 3 is 1.76 bits per heavy atom. The summed E-state index contributed by atoms with van der Waals surface area (Å²) < 4.78 is 0. The monoisotopic (exact) mass is 342 g/mol. The van der Waals surface area contributed by atoms with E-state index in [2.05, 4.69) is 10.6 Å². The first-order chi connectivity index (χ1) is 12.1. The first-order valence-corrected chi connectivity index (χ1v) is 9.86. The summed E-state index contributed by atoms with van der Waals surface area (Å²) in [5.74, 6) is 0.406. The Kier molecular flexibility index (Phi) is 6.11. The highest BCUT2D eigenvalue weighted by Crippen LogP contribution is 2.30. The average molecular weight is 342 g/mol. The molecule has 25 heavy (non-hydrogen) atoms. The second-order valence-corrected chi connectivity index (χ2v) is 7.70. The number of nitrogens with one attached hydrogen (secondary N) is 2. The minimum Gasteiger partial charge on any atom is -0.324 e. The summed E-state index contributed by atoms with van der Waals surface area (Å²) in [6.45, 7) is 2.00. The number of aryl methyl sites for hydroxylation is 1. The van der Waals surface area contributed by atoms with Crippen molar-refractivity contribution in [1.29, 1.82) is 0 Å². The van der Waals surface area contributed by atoms with E-state index in [0.717, 1.165) is 68.3 Å². The van der Waals surface area contributed by atoms with Gasteiger partial charge < -0.3 is 10.6 Å². The van der Waals surface area contributed by atoms with Gasteiger partial charge in [-0.05, 0) is 50.3 Å². The zero-order chi connectivity index (χ0) is 17.6. The lowest BCUT2D eigenvalue weighted by molar-refractivity contribution is -0.121. The van der Waals surface area contributed by atoms with Crippen molar-refractivity contribution in [3.8, 4) is 0 Å². The lowest BCUT2D eigenvalue weighted by Crippen LogP contribution is -2.27. The largest absolute Gasteiger partial charge is 0.324 e. The van der Waals surface area contributed by atoms with Crippen LogP contribution >= 0.6 is 0 Å². The number of anilines is 2. The molecule has 1 aromatic rings. The summed E-state index contributed by atoms with van der Waals surface area (Å²) in [5, 5.41) is 6.14. The molecule has 2 N–H and O–H groups in total. The SMILES string of the molecule is Cc1ccc(NC(=O)C2CCCCC2)c(NC(=O)C2CCCCC2)c1. The zero-order valence-electron chi connectivity index (χ0n) is 15.3. The maximum atomic E-state index is 12.6. The number of hydrogen-bond acceptors (Lipinski definition) is 2. The van der Waals surface area contributed by atoms with Crippen molar-refractivity contribution in [1.82, 2.24) is 0 Å². The molecule has 1 aromatic carbocycles. The van der Waals surface area contributed by atoms with Gasteiger partial charge in [-0.25, -0.2) is 0 Å². The first-order valence-electron chi connectivity index (χ1n) is 9.86. The summed E-state index contributed by atoms with van der Waals surface area (Å²) >= 11 is 0. The van der Waals surface area contributed by atoms with Crippen LogP contribution in [0.2, 0.25) is 0 Å². The van der Waals surface area contributed by atoms with Crippen LogP contribution in [-0.4, -0.2) is 11.8 Å². The molecule has 2 aliphatic carbocycles. The third-order valence-corrected chi connectivity index (χ3v) is 5.64. The average Bonchev–Trinajstić information content (AvgIpc) is 2.65. The van der Waals surface area contributed by atoms with Gasteiger partial charge in [-0.1, -0.05) is 44.6 Å². The van der Waals surface area contributed by atoms with Crippen LogP contribution in [0.15, 0.2) is 18.2 Å². The summed E-state index contributed by atoms with van der Waals surface area (Å²) in [6.07, 6.45) is 10.9. The number of amides is 2. The summed E-state index contributed by atoms with van der Waals surface area (Å²) in [5.41, 5.74) is 2.54. The van der Waals surface area contributed by atoms with E-state index >= 15 is 0 Å². The maximum absolute atomic E-state index is 12.6. The van der Waals surface area contributed by atoms with Gasteiger partial charge >= 0.3 is 0 Å². The van der Waals surface area contributed by atoms with E-state index in [1.165, 1.54) is 12.8 Å². The van der Waals surface area contributed by atoms with Crippen LogP contribution in [-0.2, 0) is 9.59 Å². The molecule has 136 valence electrons. The van der Waals surface area contributed by atoms with E-state index in [1.807, 2.05) is 25.1 Å². The molecule has 4 heteroatoms. The number of carbonyl (C=O) groups is 2. The molecule has 0 aliphatic heterocycles. The minimum absolute atomic E-state index is 0.0942. The fraction of sp³-hybridized carbons (Fsp3) is 0.619. The summed E-state index contributed by atoms with van der Waals surface area (Å²) in [7, 11) is 0. The van der Waals surface area contributed by atoms with Crippen molar-refractivity contribution >= 4 is 23.2 Å². The van der Waals surface area contributed by atoms with Crippen LogP contribution in [0.25, 0.3) is 0 Å². The van der Waals surface area contributed by atoms with Gasteiger partial charge in [0, 0.05) is 11.8 Å². The molecule has 0 aromatic heterocycles. The quantitative estimate of drug-likeness (QED) is 0.806. The standard InChI is InChI=1S/C21H30N2O2/c1-15-12-13-18(22-20(24)16-8-4-2-5-9-16)19(14-15)23-21(25)17-10-6-3-7-11-17/h12-14,16-17H,2-11H2,1H3,(H,22,24)(H,23,25). The van der Waals surface area contributed by atoms with Crippen molar-refractivity contribution in [2.45, 2.75) is 71.1 Å². The van der Waals surface area contributed by atoms with Crippen LogP contribution in [0.1, 0.15) is 69.8 Å². The number of hydrogen-bond donors (Lipinski definition) is 2. The van der Waals surface area contributed by atoms with Crippen LogP contribution in [0, 0.1) is 18.8 Å². The van der Waals surface area contributed by atoms with Gasteiger partial charge in [-0.2, -0.15) is 0 Å². The van der Waals surface area contributed by atoms with Crippen molar-refractivity contribution in [2.24, 2.45) is 11.8 Å². The fourth-order valence-electron chi connectivity index (χ4n) is 4.07. The van der Waals surface area contributed by atoms with Crippen LogP contribution in [0.3, 0.4) is 0 Å². The van der Waals surface area contributed by atoms with E-state index in [-0.39, 0.29) is 23.7 Å². The third kappa shape index (κ3) is 4.83. The maximum Gasteiger partial charge on any atom is 0.227 e. The lowest BCUT2D eigenvalue weighted by atomic mass is 9.88. The van der Waals surface area contributed by atoms with Crippen molar-refractivity contribution in [3.63, 3.8) is 0 Å². The van der Waals surface area contributed by atoms with E-state index in [9.17, 15) is 9.59 Å². The zero-order valence-corrected chi connectivity index (χ0v) is 15.3. The normalized spacial score (nSPS) is 19.4.